The summed E-state index contributed by atoms with van der Waals surface area (Å²) in [5.41, 5.74) is 17.4. The fraction of sp³-hybridized carbons (Fsp3) is 0.200. The largest absolute Gasteiger partial charge is 0.399 e. The van der Waals surface area contributed by atoms with E-state index in [0.717, 1.165) is 24.2 Å². The fourth-order valence-electron chi connectivity index (χ4n) is 2.79. The third-order valence-electron chi connectivity index (χ3n) is 3.62. The molecule has 1 atom stereocenters. The third-order valence-corrected chi connectivity index (χ3v) is 3.62. The molecule has 1 aliphatic rings. The maximum atomic E-state index is 6.08. The topological polar surface area (TPSA) is 52.0 Å². The summed E-state index contributed by atoms with van der Waals surface area (Å²) in [7, 11) is 0. The Hall–Kier alpha value is -1.96. The molecule has 1 aliphatic carbocycles. The number of hydrogen-bond donors (Lipinski definition) is 2. The normalized spacial score (nSPS) is 18.0. The van der Waals surface area contributed by atoms with Gasteiger partial charge in [-0.25, -0.2) is 0 Å². The van der Waals surface area contributed by atoms with E-state index < -0.39 is 0 Å². The van der Waals surface area contributed by atoms with Crippen LogP contribution in [-0.2, 0) is 6.42 Å². The molecule has 3 rings (SSSR count). The van der Waals surface area contributed by atoms with E-state index in [1.807, 2.05) is 12.1 Å². The first-order valence-electron chi connectivity index (χ1n) is 5.98. The first-order valence-corrected chi connectivity index (χ1v) is 5.98. The molecule has 0 radical (unpaired) electrons. The average Bonchev–Trinajstić information content (AvgIpc) is 2.73. The van der Waals surface area contributed by atoms with Gasteiger partial charge in [0.05, 0.1) is 0 Å². The van der Waals surface area contributed by atoms with Gasteiger partial charge in [-0.05, 0) is 41.7 Å². The van der Waals surface area contributed by atoms with Gasteiger partial charge in [0, 0.05) is 17.3 Å². The summed E-state index contributed by atoms with van der Waals surface area (Å²) in [5.74, 6) is 0.437. The van der Waals surface area contributed by atoms with Crippen molar-refractivity contribution in [2.24, 2.45) is 0 Å². The van der Waals surface area contributed by atoms with Crippen molar-refractivity contribution in [3.8, 4) is 0 Å². The van der Waals surface area contributed by atoms with E-state index in [2.05, 4.69) is 30.3 Å². The minimum Gasteiger partial charge on any atom is -0.399 e. The summed E-state index contributed by atoms with van der Waals surface area (Å²) in [6, 6.07) is 14.5. The summed E-state index contributed by atoms with van der Waals surface area (Å²) < 4.78 is 0. The van der Waals surface area contributed by atoms with E-state index in [-0.39, 0.29) is 0 Å². The summed E-state index contributed by atoms with van der Waals surface area (Å²) in [5, 5.41) is 0. The first kappa shape index (κ1) is 10.2. The molecule has 4 N–H and O–H groups in total. The van der Waals surface area contributed by atoms with E-state index in [4.69, 9.17) is 11.5 Å². The lowest BCUT2D eigenvalue weighted by atomic mass is 9.91. The molecule has 0 heterocycles. The standard InChI is InChI=1S/C15H16N2/c16-11-6-8-14(15(17)9-11)13-7-5-10-3-1-2-4-12(10)13/h1-4,6,8-9,13H,5,7,16-17H2. The maximum Gasteiger partial charge on any atom is 0.0373 e. The Balaban J connectivity index is 2.07. The van der Waals surface area contributed by atoms with Crippen LogP contribution in [0.15, 0.2) is 42.5 Å². The molecule has 0 aromatic heterocycles. The van der Waals surface area contributed by atoms with Crippen LogP contribution in [0.25, 0.3) is 0 Å². The van der Waals surface area contributed by atoms with Crippen LogP contribution in [0.4, 0.5) is 11.4 Å². The maximum absolute atomic E-state index is 6.08. The second-order valence-electron chi connectivity index (χ2n) is 4.68. The molecule has 0 bridgehead atoms. The number of hydrogen-bond acceptors (Lipinski definition) is 2. The van der Waals surface area contributed by atoms with Gasteiger partial charge in [0.15, 0.2) is 0 Å². The molecule has 0 fully saturated rings. The highest BCUT2D eigenvalue weighted by molar-refractivity contribution is 5.60. The number of aryl methyl sites for hydroxylation is 1. The lowest BCUT2D eigenvalue weighted by Crippen LogP contribution is -2.02. The van der Waals surface area contributed by atoms with Crippen molar-refractivity contribution in [2.45, 2.75) is 18.8 Å². The lowest BCUT2D eigenvalue weighted by molar-refractivity contribution is 0.790. The van der Waals surface area contributed by atoms with Crippen LogP contribution in [0.1, 0.15) is 29.0 Å². The van der Waals surface area contributed by atoms with E-state index in [0.29, 0.717) is 5.92 Å². The van der Waals surface area contributed by atoms with E-state index in [1.165, 1.54) is 16.7 Å². The number of nitrogen functional groups attached to an aromatic ring is 2. The fourth-order valence-corrected chi connectivity index (χ4v) is 2.79. The van der Waals surface area contributed by atoms with Crippen LogP contribution >= 0.6 is 0 Å². The molecule has 1 unspecified atom stereocenters. The van der Waals surface area contributed by atoms with Gasteiger partial charge in [0.2, 0.25) is 0 Å². The molecule has 17 heavy (non-hydrogen) atoms. The zero-order chi connectivity index (χ0) is 11.8. The molecule has 2 aromatic rings. The van der Waals surface area contributed by atoms with Gasteiger partial charge in [-0.15, -0.1) is 0 Å². The molecule has 2 nitrogen and oxygen atoms in total. The minimum absolute atomic E-state index is 0.437. The van der Waals surface area contributed by atoms with Gasteiger partial charge in [-0.3, -0.25) is 0 Å². The smallest absolute Gasteiger partial charge is 0.0373 e. The number of rotatable bonds is 1. The lowest BCUT2D eigenvalue weighted by Gasteiger charge is -2.15. The van der Waals surface area contributed by atoms with Gasteiger partial charge in [0.1, 0.15) is 0 Å². The monoisotopic (exact) mass is 224 g/mol. The van der Waals surface area contributed by atoms with Gasteiger partial charge in [-0.2, -0.15) is 0 Å². The van der Waals surface area contributed by atoms with E-state index in [9.17, 15) is 0 Å². The summed E-state index contributed by atoms with van der Waals surface area (Å²) >= 11 is 0. The van der Waals surface area contributed by atoms with E-state index in [1.54, 1.807) is 0 Å². The van der Waals surface area contributed by atoms with E-state index >= 15 is 0 Å². The Morgan fingerprint density at radius 1 is 0.941 bits per heavy atom. The number of nitrogens with two attached hydrogens (primary N) is 2. The Bertz CT molecular complexity index is 561. The van der Waals surface area contributed by atoms with Crippen molar-refractivity contribution < 1.29 is 0 Å². The molecule has 0 spiro atoms. The predicted octanol–water partition coefficient (Wildman–Crippen LogP) is 2.93. The van der Waals surface area contributed by atoms with Gasteiger partial charge in [0.25, 0.3) is 0 Å². The number of benzene rings is 2. The summed E-state index contributed by atoms with van der Waals surface area (Å²) in [6.45, 7) is 0. The van der Waals surface area contributed by atoms with Crippen molar-refractivity contribution in [3.63, 3.8) is 0 Å². The Morgan fingerprint density at radius 3 is 2.59 bits per heavy atom. The molecular weight excluding hydrogens is 208 g/mol. The van der Waals surface area contributed by atoms with Crippen LogP contribution in [-0.4, -0.2) is 0 Å². The number of anilines is 2. The molecule has 0 amide bonds. The quantitative estimate of drug-likeness (QED) is 0.732. The highest BCUT2D eigenvalue weighted by Crippen LogP contribution is 2.40. The second kappa shape index (κ2) is 3.81. The van der Waals surface area contributed by atoms with Crippen molar-refractivity contribution in [3.05, 3.63) is 59.2 Å². The van der Waals surface area contributed by atoms with Gasteiger partial charge >= 0.3 is 0 Å². The predicted molar refractivity (Wildman–Crippen MR) is 71.9 cm³/mol. The first-order chi connectivity index (χ1) is 8.25. The molecular formula is C15H16N2. The average molecular weight is 224 g/mol. The summed E-state index contributed by atoms with van der Waals surface area (Å²) in [4.78, 5) is 0. The zero-order valence-corrected chi connectivity index (χ0v) is 9.69. The molecule has 0 saturated heterocycles. The summed E-state index contributed by atoms with van der Waals surface area (Å²) in [6.07, 6.45) is 2.29. The third kappa shape index (κ3) is 1.66. The molecule has 0 saturated carbocycles. The van der Waals surface area contributed by atoms with Crippen LogP contribution in [0.2, 0.25) is 0 Å². The highest BCUT2D eigenvalue weighted by atomic mass is 14.6. The van der Waals surface area contributed by atoms with Crippen LogP contribution in [0.3, 0.4) is 0 Å². The molecule has 2 aromatic carbocycles. The second-order valence-corrected chi connectivity index (χ2v) is 4.68. The minimum atomic E-state index is 0.437. The van der Waals surface area contributed by atoms with Gasteiger partial charge in [-0.1, -0.05) is 30.3 Å². The van der Waals surface area contributed by atoms with Crippen molar-refractivity contribution in [2.75, 3.05) is 11.5 Å². The number of fused-ring (bicyclic) bond motifs is 1. The van der Waals surface area contributed by atoms with Crippen molar-refractivity contribution >= 4 is 11.4 Å². The Kier molecular flexibility index (Phi) is 2.29. The molecule has 0 aliphatic heterocycles. The van der Waals surface area contributed by atoms with Gasteiger partial charge < -0.3 is 11.5 Å². The van der Waals surface area contributed by atoms with Crippen molar-refractivity contribution in [1.29, 1.82) is 0 Å². The van der Waals surface area contributed by atoms with Crippen LogP contribution < -0.4 is 11.5 Å². The van der Waals surface area contributed by atoms with Crippen LogP contribution in [0.5, 0.6) is 0 Å². The Morgan fingerprint density at radius 2 is 1.76 bits per heavy atom. The van der Waals surface area contributed by atoms with Crippen molar-refractivity contribution in [1.82, 2.24) is 0 Å². The molecule has 2 heteroatoms. The zero-order valence-electron chi connectivity index (χ0n) is 9.69. The highest BCUT2D eigenvalue weighted by Gasteiger charge is 2.24. The van der Waals surface area contributed by atoms with Crippen LogP contribution in [0, 0.1) is 0 Å². The molecule has 86 valence electrons. The Labute approximate surface area is 101 Å². The SMILES string of the molecule is Nc1ccc(C2CCc3ccccc32)c(N)c1.